The molecular weight excluding hydrogens is 192 g/mol. The average molecular weight is 216 g/mol. The lowest BCUT2D eigenvalue weighted by Crippen LogP contribution is -2.52. The summed E-state index contributed by atoms with van der Waals surface area (Å²) in [4.78, 5) is 2.46. The first-order chi connectivity index (χ1) is 7.27. The predicted molar refractivity (Wildman–Crippen MR) is 61.2 cm³/mol. The molecule has 0 saturated carbocycles. The lowest BCUT2D eigenvalue weighted by atomic mass is 10.2. The fourth-order valence-electron chi connectivity index (χ4n) is 1.97. The van der Waals surface area contributed by atoms with E-state index >= 15 is 0 Å². The predicted octanol–water partition coefficient (Wildman–Crippen LogP) is 0.332. The minimum absolute atomic E-state index is 0.347. The SMILES string of the molecule is CCNCC(COC)N1CCOC(C)C1. The molecule has 1 saturated heterocycles. The number of nitrogens with zero attached hydrogens (tertiary/aromatic N) is 1. The van der Waals surface area contributed by atoms with E-state index < -0.39 is 0 Å². The topological polar surface area (TPSA) is 33.7 Å². The van der Waals surface area contributed by atoms with Crippen LogP contribution in [0.5, 0.6) is 0 Å². The second kappa shape index (κ2) is 7.17. The van der Waals surface area contributed by atoms with E-state index in [1.165, 1.54) is 0 Å². The molecule has 1 aliphatic heterocycles. The summed E-state index contributed by atoms with van der Waals surface area (Å²) in [5.41, 5.74) is 0. The zero-order valence-electron chi connectivity index (χ0n) is 10.2. The van der Waals surface area contributed by atoms with Crippen molar-refractivity contribution in [1.82, 2.24) is 10.2 Å². The number of methoxy groups -OCH3 is 1. The quantitative estimate of drug-likeness (QED) is 0.694. The average Bonchev–Trinajstić information content (AvgIpc) is 2.24. The molecule has 0 aromatic rings. The van der Waals surface area contributed by atoms with Gasteiger partial charge in [0.15, 0.2) is 0 Å². The van der Waals surface area contributed by atoms with Crippen LogP contribution in [0.15, 0.2) is 0 Å². The minimum Gasteiger partial charge on any atom is -0.383 e. The van der Waals surface area contributed by atoms with Crippen molar-refractivity contribution in [3.05, 3.63) is 0 Å². The summed E-state index contributed by atoms with van der Waals surface area (Å²) in [6.45, 7) is 9.93. The van der Waals surface area contributed by atoms with E-state index in [4.69, 9.17) is 9.47 Å². The molecule has 0 aromatic carbocycles. The monoisotopic (exact) mass is 216 g/mol. The van der Waals surface area contributed by atoms with Gasteiger partial charge >= 0.3 is 0 Å². The van der Waals surface area contributed by atoms with Crippen LogP contribution in [0, 0.1) is 0 Å². The number of ether oxygens (including phenoxy) is 2. The van der Waals surface area contributed by atoms with Crippen LogP contribution in [-0.2, 0) is 9.47 Å². The Morgan fingerprint density at radius 2 is 2.40 bits per heavy atom. The molecule has 2 unspecified atom stereocenters. The van der Waals surface area contributed by atoms with Crippen molar-refractivity contribution < 1.29 is 9.47 Å². The minimum atomic E-state index is 0.347. The normalized spacial score (nSPS) is 25.4. The molecule has 90 valence electrons. The first-order valence-corrected chi connectivity index (χ1v) is 5.83. The van der Waals surface area contributed by atoms with Crippen molar-refractivity contribution in [2.45, 2.75) is 26.0 Å². The van der Waals surface area contributed by atoms with E-state index in [1.54, 1.807) is 7.11 Å². The van der Waals surface area contributed by atoms with Gasteiger partial charge in [-0.05, 0) is 13.5 Å². The Balaban J connectivity index is 2.38. The summed E-state index contributed by atoms with van der Waals surface area (Å²) in [5.74, 6) is 0. The molecule has 0 bridgehead atoms. The van der Waals surface area contributed by atoms with Crippen molar-refractivity contribution >= 4 is 0 Å². The van der Waals surface area contributed by atoms with E-state index in [1.807, 2.05) is 0 Å². The molecule has 1 aliphatic rings. The van der Waals surface area contributed by atoms with E-state index in [-0.39, 0.29) is 0 Å². The molecule has 4 heteroatoms. The Bertz CT molecular complexity index is 167. The van der Waals surface area contributed by atoms with Crippen LogP contribution < -0.4 is 5.32 Å². The van der Waals surface area contributed by atoms with Crippen LogP contribution in [0.4, 0.5) is 0 Å². The van der Waals surface area contributed by atoms with Gasteiger partial charge in [-0.15, -0.1) is 0 Å². The Kier molecular flexibility index (Phi) is 6.17. The van der Waals surface area contributed by atoms with Gasteiger partial charge in [0.2, 0.25) is 0 Å². The molecule has 0 amide bonds. The molecule has 0 spiro atoms. The zero-order chi connectivity index (χ0) is 11.1. The van der Waals surface area contributed by atoms with E-state index in [9.17, 15) is 0 Å². The van der Waals surface area contributed by atoms with Gasteiger partial charge in [-0.2, -0.15) is 0 Å². The Hall–Kier alpha value is -0.160. The van der Waals surface area contributed by atoms with Crippen LogP contribution in [0.1, 0.15) is 13.8 Å². The molecule has 2 atom stereocenters. The highest BCUT2D eigenvalue weighted by Crippen LogP contribution is 2.08. The number of hydrogen-bond donors (Lipinski definition) is 1. The molecule has 0 radical (unpaired) electrons. The molecule has 0 aromatic heterocycles. The van der Waals surface area contributed by atoms with E-state index in [0.29, 0.717) is 12.1 Å². The van der Waals surface area contributed by atoms with Crippen molar-refractivity contribution in [1.29, 1.82) is 0 Å². The summed E-state index contributed by atoms with van der Waals surface area (Å²) in [6, 6.07) is 0.473. The fraction of sp³-hybridized carbons (Fsp3) is 1.00. The summed E-state index contributed by atoms with van der Waals surface area (Å²) < 4.78 is 10.8. The number of rotatable bonds is 6. The Morgan fingerprint density at radius 3 is 3.00 bits per heavy atom. The molecule has 4 nitrogen and oxygen atoms in total. The molecule has 1 rings (SSSR count). The van der Waals surface area contributed by atoms with Crippen LogP contribution in [-0.4, -0.2) is 63.5 Å². The second-order valence-electron chi connectivity index (χ2n) is 4.09. The Morgan fingerprint density at radius 1 is 1.60 bits per heavy atom. The van der Waals surface area contributed by atoms with Gasteiger partial charge in [-0.3, -0.25) is 4.90 Å². The lowest BCUT2D eigenvalue weighted by Gasteiger charge is -2.37. The van der Waals surface area contributed by atoms with Gasteiger partial charge in [0.05, 0.1) is 19.3 Å². The van der Waals surface area contributed by atoms with Crippen molar-refractivity contribution in [2.24, 2.45) is 0 Å². The molecule has 1 N–H and O–H groups in total. The molecule has 15 heavy (non-hydrogen) atoms. The number of hydrogen-bond acceptors (Lipinski definition) is 4. The summed E-state index contributed by atoms with van der Waals surface area (Å²) >= 11 is 0. The zero-order valence-corrected chi connectivity index (χ0v) is 10.2. The summed E-state index contributed by atoms with van der Waals surface area (Å²) in [7, 11) is 1.77. The van der Waals surface area contributed by atoms with E-state index in [0.717, 1.165) is 39.4 Å². The largest absolute Gasteiger partial charge is 0.383 e. The van der Waals surface area contributed by atoms with Gasteiger partial charge in [0.25, 0.3) is 0 Å². The third-order valence-corrected chi connectivity index (χ3v) is 2.78. The highest BCUT2D eigenvalue weighted by Gasteiger charge is 2.23. The van der Waals surface area contributed by atoms with E-state index in [2.05, 4.69) is 24.1 Å². The van der Waals surface area contributed by atoms with Gasteiger partial charge in [-0.1, -0.05) is 6.92 Å². The van der Waals surface area contributed by atoms with Crippen LogP contribution in [0.3, 0.4) is 0 Å². The molecular formula is C11H24N2O2. The molecule has 1 heterocycles. The van der Waals surface area contributed by atoms with Crippen LogP contribution in [0.2, 0.25) is 0 Å². The van der Waals surface area contributed by atoms with Gasteiger partial charge in [0.1, 0.15) is 0 Å². The standard InChI is InChI=1S/C11H24N2O2/c1-4-12-7-11(9-14-3)13-5-6-15-10(2)8-13/h10-12H,4-9H2,1-3H3. The highest BCUT2D eigenvalue weighted by molar-refractivity contribution is 4.78. The number of likely N-dealkylation sites (N-methyl/N-ethyl adjacent to an activating group) is 1. The summed E-state index contributed by atoms with van der Waals surface area (Å²) in [6.07, 6.45) is 0.347. The highest BCUT2D eigenvalue weighted by atomic mass is 16.5. The lowest BCUT2D eigenvalue weighted by molar-refractivity contribution is -0.0449. The molecule has 1 fully saturated rings. The molecule has 0 aliphatic carbocycles. The summed E-state index contributed by atoms with van der Waals surface area (Å²) in [5, 5.41) is 3.38. The smallest absolute Gasteiger partial charge is 0.0674 e. The maximum atomic E-state index is 5.54. The number of morpholine rings is 1. The van der Waals surface area contributed by atoms with Crippen molar-refractivity contribution in [3.8, 4) is 0 Å². The first-order valence-electron chi connectivity index (χ1n) is 5.83. The van der Waals surface area contributed by atoms with Crippen LogP contribution in [0.25, 0.3) is 0 Å². The van der Waals surface area contributed by atoms with Crippen molar-refractivity contribution in [2.75, 3.05) is 46.5 Å². The third kappa shape index (κ3) is 4.47. The van der Waals surface area contributed by atoms with Gasteiger partial charge < -0.3 is 14.8 Å². The maximum Gasteiger partial charge on any atom is 0.0674 e. The fourth-order valence-corrected chi connectivity index (χ4v) is 1.97. The van der Waals surface area contributed by atoms with Gasteiger partial charge in [0, 0.05) is 32.8 Å². The van der Waals surface area contributed by atoms with Gasteiger partial charge in [-0.25, -0.2) is 0 Å². The maximum absolute atomic E-state index is 5.54. The number of nitrogens with one attached hydrogen (secondary N) is 1. The van der Waals surface area contributed by atoms with Crippen molar-refractivity contribution in [3.63, 3.8) is 0 Å². The van der Waals surface area contributed by atoms with Crippen LogP contribution >= 0.6 is 0 Å². The Labute approximate surface area is 92.9 Å². The first kappa shape index (κ1) is 12.9. The third-order valence-electron chi connectivity index (χ3n) is 2.78. The second-order valence-corrected chi connectivity index (χ2v) is 4.09.